The molecule has 1 aliphatic carbocycles. The predicted octanol–water partition coefficient (Wildman–Crippen LogP) is 2.24. The van der Waals surface area contributed by atoms with Crippen molar-refractivity contribution in [3.8, 4) is 5.75 Å². The second-order valence-corrected chi connectivity index (χ2v) is 4.87. The van der Waals surface area contributed by atoms with E-state index in [1.807, 2.05) is 18.0 Å². The summed E-state index contributed by atoms with van der Waals surface area (Å²) in [5.41, 5.74) is 6.77. The van der Waals surface area contributed by atoms with E-state index in [9.17, 15) is 8.78 Å². The molecule has 1 aromatic rings. The summed E-state index contributed by atoms with van der Waals surface area (Å²) in [6.45, 7) is -0.186. The van der Waals surface area contributed by atoms with Crippen molar-refractivity contribution in [3.63, 3.8) is 0 Å². The number of halogens is 2. The second kappa shape index (κ2) is 6.54. The zero-order valence-corrected chi connectivity index (χ0v) is 11.4. The topological polar surface area (TPSA) is 50.8 Å². The number of ether oxygens (including phenoxy) is 1. The molecular formula is C14H19F2N3O. The molecule has 6 heteroatoms. The standard InChI is InChI=1S/C14H19F2N3O/c1-19(11-5-6-11)14(17)18-8-10-3-2-4-12(7-10)20-9-13(15)16/h2-4,7,11,13H,5-6,8-9H2,1H3,(H2,17,18). The van der Waals surface area contributed by atoms with Crippen molar-refractivity contribution >= 4 is 5.96 Å². The molecule has 0 aromatic heterocycles. The van der Waals surface area contributed by atoms with Crippen molar-refractivity contribution in [1.29, 1.82) is 0 Å². The van der Waals surface area contributed by atoms with Crippen molar-refractivity contribution in [2.75, 3.05) is 13.7 Å². The van der Waals surface area contributed by atoms with Gasteiger partial charge in [-0.05, 0) is 30.5 Å². The van der Waals surface area contributed by atoms with Crippen LogP contribution < -0.4 is 10.5 Å². The first-order valence-electron chi connectivity index (χ1n) is 6.59. The fourth-order valence-corrected chi connectivity index (χ4v) is 1.83. The van der Waals surface area contributed by atoms with Crippen molar-refractivity contribution in [2.45, 2.75) is 31.9 Å². The van der Waals surface area contributed by atoms with Crippen LogP contribution in [0.5, 0.6) is 5.75 Å². The van der Waals surface area contributed by atoms with Gasteiger partial charge in [0.05, 0.1) is 6.54 Å². The summed E-state index contributed by atoms with van der Waals surface area (Å²) in [7, 11) is 1.93. The SMILES string of the molecule is CN(C(N)=NCc1cccc(OCC(F)F)c1)C1CC1. The van der Waals surface area contributed by atoms with Gasteiger partial charge in [0.25, 0.3) is 6.43 Å². The first-order valence-corrected chi connectivity index (χ1v) is 6.59. The van der Waals surface area contributed by atoms with E-state index >= 15 is 0 Å². The first kappa shape index (κ1) is 14.6. The molecule has 2 rings (SSSR count). The zero-order chi connectivity index (χ0) is 14.5. The maximum absolute atomic E-state index is 12.1. The van der Waals surface area contributed by atoms with Gasteiger partial charge in [0, 0.05) is 13.1 Å². The molecular weight excluding hydrogens is 264 g/mol. The summed E-state index contributed by atoms with van der Waals surface area (Å²) in [5.74, 6) is 0.929. The third kappa shape index (κ3) is 4.36. The van der Waals surface area contributed by atoms with Crippen LogP contribution in [0.25, 0.3) is 0 Å². The molecule has 0 atom stereocenters. The van der Waals surface area contributed by atoms with Crippen LogP contribution in [0.4, 0.5) is 8.78 Å². The van der Waals surface area contributed by atoms with Crippen molar-refractivity contribution < 1.29 is 13.5 Å². The highest BCUT2D eigenvalue weighted by molar-refractivity contribution is 5.78. The van der Waals surface area contributed by atoms with Crippen molar-refractivity contribution in [2.24, 2.45) is 10.7 Å². The zero-order valence-electron chi connectivity index (χ0n) is 11.4. The first-order chi connectivity index (χ1) is 9.56. The highest BCUT2D eigenvalue weighted by Gasteiger charge is 2.27. The molecule has 2 N–H and O–H groups in total. The van der Waals surface area contributed by atoms with E-state index in [0.29, 0.717) is 24.3 Å². The number of benzene rings is 1. The third-order valence-corrected chi connectivity index (χ3v) is 3.15. The Labute approximate surface area is 117 Å². The van der Waals surface area contributed by atoms with Gasteiger partial charge >= 0.3 is 0 Å². The summed E-state index contributed by atoms with van der Waals surface area (Å²) in [4.78, 5) is 6.28. The molecule has 0 amide bonds. The molecule has 0 radical (unpaired) electrons. The van der Waals surface area contributed by atoms with Crippen LogP contribution in [-0.4, -0.2) is 37.0 Å². The molecule has 110 valence electrons. The molecule has 0 saturated heterocycles. The number of alkyl halides is 2. The highest BCUT2D eigenvalue weighted by atomic mass is 19.3. The highest BCUT2D eigenvalue weighted by Crippen LogP contribution is 2.25. The van der Waals surface area contributed by atoms with E-state index < -0.39 is 13.0 Å². The minimum atomic E-state index is -2.47. The number of aliphatic imine (C=N–C) groups is 1. The van der Waals surface area contributed by atoms with Gasteiger partial charge in [-0.25, -0.2) is 13.8 Å². The van der Waals surface area contributed by atoms with Gasteiger partial charge in [0.15, 0.2) is 5.96 Å². The van der Waals surface area contributed by atoms with E-state index in [4.69, 9.17) is 10.5 Å². The average Bonchev–Trinajstić information content (AvgIpc) is 3.26. The van der Waals surface area contributed by atoms with E-state index in [-0.39, 0.29) is 0 Å². The van der Waals surface area contributed by atoms with Crippen molar-refractivity contribution in [3.05, 3.63) is 29.8 Å². The fraction of sp³-hybridized carbons (Fsp3) is 0.500. The van der Waals surface area contributed by atoms with Gasteiger partial charge in [-0.15, -0.1) is 0 Å². The largest absolute Gasteiger partial charge is 0.488 e. The predicted molar refractivity (Wildman–Crippen MR) is 74.1 cm³/mol. The van der Waals surface area contributed by atoms with Gasteiger partial charge in [-0.2, -0.15) is 0 Å². The lowest BCUT2D eigenvalue weighted by atomic mass is 10.2. The van der Waals surface area contributed by atoms with E-state index in [1.54, 1.807) is 18.2 Å². The summed E-state index contributed by atoms with van der Waals surface area (Å²) in [6, 6.07) is 7.49. The molecule has 1 saturated carbocycles. The van der Waals surface area contributed by atoms with Crippen LogP contribution in [-0.2, 0) is 6.54 Å². The molecule has 0 unspecified atom stereocenters. The molecule has 1 aliphatic rings. The fourth-order valence-electron chi connectivity index (χ4n) is 1.83. The average molecular weight is 283 g/mol. The molecule has 0 bridgehead atoms. The quantitative estimate of drug-likeness (QED) is 0.643. The Morgan fingerprint density at radius 1 is 1.50 bits per heavy atom. The minimum absolute atomic E-state index is 0.411. The molecule has 0 heterocycles. The normalized spacial score (nSPS) is 15.5. The molecule has 1 fully saturated rings. The van der Waals surface area contributed by atoms with E-state index in [1.165, 1.54) is 0 Å². The Balaban J connectivity index is 1.91. The smallest absolute Gasteiger partial charge is 0.272 e. The van der Waals surface area contributed by atoms with E-state index in [0.717, 1.165) is 18.4 Å². The van der Waals surface area contributed by atoms with Crippen LogP contribution in [0.1, 0.15) is 18.4 Å². The van der Waals surface area contributed by atoms with Crippen LogP contribution in [0, 0.1) is 0 Å². The molecule has 20 heavy (non-hydrogen) atoms. The molecule has 1 aromatic carbocycles. The van der Waals surface area contributed by atoms with Crippen LogP contribution in [0.15, 0.2) is 29.3 Å². The number of nitrogens with zero attached hydrogens (tertiary/aromatic N) is 2. The van der Waals surface area contributed by atoms with Crippen molar-refractivity contribution in [1.82, 2.24) is 4.90 Å². The Morgan fingerprint density at radius 2 is 2.25 bits per heavy atom. The lowest BCUT2D eigenvalue weighted by Gasteiger charge is -2.16. The maximum atomic E-state index is 12.1. The lowest BCUT2D eigenvalue weighted by Crippen LogP contribution is -2.35. The van der Waals surface area contributed by atoms with Gasteiger partial charge in [-0.1, -0.05) is 12.1 Å². The molecule has 0 spiro atoms. The molecule has 0 aliphatic heterocycles. The van der Waals surface area contributed by atoms with Gasteiger partial charge in [-0.3, -0.25) is 0 Å². The van der Waals surface area contributed by atoms with Crippen LogP contribution in [0.2, 0.25) is 0 Å². The third-order valence-electron chi connectivity index (χ3n) is 3.15. The summed E-state index contributed by atoms with van der Waals surface area (Å²) in [6.07, 6.45) is -0.160. The lowest BCUT2D eigenvalue weighted by molar-refractivity contribution is 0.0818. The van der Waals surface area contributed by atoms with Gasteiger partial charge in [0.2, 0.25) is 0 Å². The van der Waals surface area contributed by atoms with E-state index in [2.05, 4.69) is 4.99 Å². The Morgan fingerprint density at radius 3 is 2.90 bits per heavy atom. The second-order valence-electron chi connectivity index (χ2n) is 4.87. The number of guanidine groups is 1. The van der Waals surface area contributed by atoms with Crippen LogP contribution >= 0.6 is 0 Å². The Bertz CT molecular complexity index is 475. The monoisotopic (exact) mass is 283 g/mol. The summed E-state index contributed by atoms with van der Waals surface area (Å²) < 4.78 is 29.1. The number of hydrogen-bond acceptors (Lipinski definition) is 2. The van der Waals surface area contributed by atoms with Crippen LogP contribution in [0.3, 0.4) is 0 Å². The minimum Gasteiger partial charge on any atom is -0.488 e. The Kier molecular flexibility index (Phi) is 4.76. The summed E-state index contributed by atoms with van der Waals surface area (Å²) >= 11 is 0. The van der Waals surface area contributed by atoms with Gasteiger partial charge in [0.1, 0.15) is 12.4 Å². The number of nitrogens with two attached hydrogens (primary N) is 1. The number of hydrogen-bond donors (Lipinski definition) is 1. The summed E-state index contributed by atoms with van der Waals surface area (Å²) in [5, 5.41) is 0. The maximum Gasteiger partial charge on any atom is 0.272 e. The number of rotatable bonds is 6. The molecule has 4 nitrogen and oxygen atoms in total. The Hall–Kier alpha value is -1.85. The van der Waals surface area contributed by atoms with Gasteiger partial charge < -0.3 is 15.4 Å².